The number of hydrogen-bond donors (Lipinski definition) is 1. The molecule has 0 spiro atoms. The molecule has 5 nitrogen and oxygen atoms in total. The van der Waals surface area contributed by atoms with E-state index in [2.05, 4.69) is 10.1 Å². The lowest BCUT2D eigenvalue weighted by molar-refractivity contribution is 0.302. The number of nitriles is 1. The molecule has 0 fully saturated rings. The van der Waals surface area contributed by atoms with Crippen LogP contribution in [0.1, 0.15) is 23.7 Å². The number of ether oxygens (including phenoxy) is 1. The Labute approximate surface area is 120 Å². The molecule has 2 aromatic rings. The summed E-state index contributed by atoms with van der Waals surface area (Å²) in [6.45, 7) is 1.64. The van der Waals surface area contributed by atoms with E-state index >= 15 is 0 Å². The van der Waals surface area contributed by atoms with Gasteiger partial charge in [0.25, 0.3) is 0 Å². The molecular weight excluding hydrogens is 273 g/mol. The fourth-order valence-corrected chi connectivity index (χ4v) is 1.78. The Morgan fingerprint density at radius 3 is 3.00 bits per heavy atom. The van der Waals surface area contributed by atoms with Gasteiger partial charge in [0.2, 0.25) is 0 Å². The smallest absolute Gasteiger partial charge is 0.147 e. The normalized spacial score (nSPS) is 11.0. The molecule has 0 aliphatic carbocycles. The van der Waals surface area contributed by atoms with E-state index in [9.17, 15) is 4.39 Å². The summed E-state index contributed by atoms with van der Waals surface area (Å²) in [5.74, 6) is -0.0983. The third kappa shape index (κ3) is 3.34. The van der Waals surface area contributed by atoms with Crippen LogP contribution >= 0.6 is 0 Å². The molecule has 6 heteroatoms. The number of pyridine rings is 1. The van der Waals surface area contributed by atoms with Crippen molar-refractivity contribution < 1.29 is 14.3 Å². The average molecular weight is 285 g/mol. The molecule has 21 heavy (non-hydrogen) atoms. The topological polar surface area (TPSA) is 78.5 Å². The highest BCUT2D eigenvalue weighted by atomic mass is 19.1. The minimum Gasteiger partial charge on any atom is -0.488 e. The van der Waals surface area contributed by atoms with Gasteiger partial charge < -0.3 is 9.94 Å². The molecule has 0 saturated carbocycles. The van der Waals surface area contributed by atoms with Crippen LogP contribution in [0.15, 0.2) is 41.7 Å². The Morgan fingerprint density at radius 2 is 2.29 bits per heavy atom. The monoisotopic (exact) mass is 285 g/mol. The Balaban J connectivity index is 2.27. The fraction of sp³-hybridized carbons (Fsp3) is 0.133. The summed E-state index contributed by atoms with van der Waals surface area (Å²) >= 11 is 0. The van der Waals surface area contributed by atoms with E-state index in [0.717, 1.165) is 0 Å². The average Bonchev–Trinajstić information content (AvgIpc) is 2.53. The zero-order valence-corrected chi connectivity index (χ0v) is 11.2. The van der Waals surface area contributed by atoms with Gasteiger partial charge in [-0.25, -0.2) is 9.37 Å². The summed E-state index contributed by atoms with van der Waals surface area (Å²) < 4.78 is 18.9. The second-order valence-corrected chi connectivity index (χ2v) is 4.24. The van der Waals surface area contributed by atoms with Crippen LogP contribution in [0.4, 0.5) is 4.39 Å². The van der Waals surface area contributed by atoms with E-state index in [1.807, 2.05) is 6.07 Å². The van der Waals surface area contributed by atoms with Gasteiger partial charge in [0.1, 0.15) is 29.9 Å². The van der Waals surface area contributed by atoms with Crippen LogP contribution in [0, 0.1) is 17.1 Å². The van der Waals surface area contributed by atoms with Crippen molar-refractivity contribution in [3.63, 3.8) is 0 Å². The first-order chi connectivity index (χ1) is 10.2. The van der Waals surface area contributed by atoms with Gasteiger partial charge in [0, 0.05) is 17.3 Å². The lowest BCUT2D eigenvalue weighted by Crippen LogP contribution is -2.05. The zero-order valence-electron chi connectivity index (χ0n) is 11.2. The van der Waals surface area contributed by atoms with Gasteiger partial charge in [-0.3, -0.25) is 0 Å². The van der Waals surface area contributed by atoms with Crippen LogP contribution < -0.4 is 4.74 Å². The molecule has 1 aromatic carbocycles. The van der Waals surface area contributed by atoms with Crippen LogP contribution in [0.5, 0.6) is 5.75 Å². The first-order valence-electron chi connectivity index (χ1n) is 6.11. The molecule has 106 valence electrons. The number of rotatable bonds is 4. The third-order valence-electron chi connectivity index (χ3n) is 2.86. The van der Waals surface area contributed by atoms with Gasteiger partial charge in [-0.2, -0.15) is 5.26 Å². The maximum Gasteiger partial charge on any atom is 0.147 e. The van der Waals surface area contributed by atoms with E-state index in [-0.39, 0.29) is 18.0 Å². The number of aromatic nitrogens is 1. The van der Waals surface area contributed by atoms with Gasteiger partial charge in [0.05, 0.1) is 5.71 Å². The van der Waals surface area contributed by atoms with E-state index in [1.54, 1.807) is 12.1 Å². The van der Waals surface area contributed by atoms with Crippen LogP contribution in [0.25, 0.3) is 0 Å². The second-order valence-electron chi connectivity index (χ2n) is 4.24. The Bertz CT molecular complexity index is 723. The molecule has 1 N–H and O–H groups in total. The highest BCUT2D eigenvalue weighted by molar-refractivity contribution is 6.00. The van der Waals surface area contributed by atoms with Crippen LogP contribution in [0.2, 0.25) is 0 Å². The van der Waals surface area contributed by atoms with E-state index in [4.69, 9.17) is 15.2 Å². The molecule has 0 amide bonds. The number of halogens is 1. The van der Waals surface area contributed by atoms with Crippen molar-refractivity contribution in [3.05, 3.63) is 59.2 Å². The van der Waals surface area contributed by atoms with Crippen LogP contribution in [-0.2, 0) is 6.61 Å². The van der Waals surface area contributed by atoms with Crippen molar-refractivity contribution in [3.8, 4) is 11.8 Å². The van der Waals surface area contributed by atoms with Crippen molar-refractivity contribution in [2.24, 2.45) is 5.16 Å². The number of nitrogens with zero attached hydrogens (tertiary/aromatic N) is 3. The van der Waals surface area contributed by atoms with Crippen LogP contribution in [0.3, 0.4) is 0 Å². The Hall–Kier alpha value is -2.94. The summed E-state index contributed by atoms with van der Waals surface area (Å²) in [4.78, 5) is 3.93. The molecule has 1 heterocycles. The summed E-state index contributed by atoms with van der Waals surface area (Å²) in [6, 6.07) is 9.31. The quantitative estimate of drug-likeness (QED) is 0.532. The van der Waals surface area contributed by atoms with Crippen molar-refractivity contribution in [1.82, 2.24) is 4.98 Å². The third-order valence-corrected chi connectivity index (χ3v) is 2.86. The van der Waals surface area contributed by atoms with E-state index in [0.29, 0.717) is 16.9 Å². The van der Waals surface area contributed by atoms with Crippen molar-refractivity contribution in [2.75, 3.05) is 0 Å². The number of hydrogen-bond acceptors (Lipinski definition) is 5. The van der Waals surface area contributed by atoms with Gasteiger partial charge in [0.15, 0.2) is 0 Å². The van der Waals surface area contributed by atoms with Gasteiger partial charge >= 0.3 is 0 Å². The minimum absolute atomic E-state index is 0.105. The molecule has 0 aliphatic heterocycles. The molecule has 1 aromatic heterocycles. The lowest BCUT2D eigenvalue weighted by Gasteiger charge is -2.11. The van der Waals surface area contributed by atoms with Crippen molar-refractivity contribution in [2.45, 2.75) is 13.5 Å². The molecule has 0 radical (unpaired) electrons. The highest BCUT2D eigenvalue weighted by Crippen LogP contribution is 2.22. The largest absolute Gasteiger partial charge is 0.488 e. The molecule has 2 rings (SSSR count). The van der Waals surface area contributed by atoms with Crippen LogP contribution in [-0.4, -0.2) is 15.9 Å². The van der Waals surface area contributed by atoms with E-state index in [1.165, 1.54) is 31.3 Å². The number of oxime groups is 1. The predicted octanol–water partition coefficient (Wildman–Crippen LogP) is 2.87. The van der Waals surface area contributed by atoms with Gasteiger partial charge in [-0.15, -0.1) is 0 Å². The first-order valence-corrected chi connectivity index (χ1v) is 6.11. The summed E-state index contributed by atoms with van der Waals surface area (Å²) in [7, 11) is 0. The minimum atomic E-state index is -0.459. The van der Waals surface area contributed by atoms with E-state index < -0.39 is 5.82 Å². The fourth-order valence-electron chi connectivity index (χ4n) is 1.78. The Morgan fingerprint density at radius 1 is 1.48 bits per heavy atom. The van der Waals surface area contributed by atoms with Gasteiger partial charge in [-0.05, 0) is 31.2 Å². The molecule has 0 aliphatic rings. The molecule has 0 unspecified atom stereocenters. The maximum atomic E-state index is 13.3. The van der Waals surface area contributed by atoms with Crippen molar-refractivity contribution in [1.29, 1.82) is 5.26 Å². The van der Waals surface area contributed by atoms with Crippen molar-refractivity contribution >= 4 is 5.71 Å². The SMILES string of the molecule is C/C(=N/O)c1cc(F)ccc1OCc1cccnc1C#N. The molecule has 0 saturated heterocycles. The second kappa shape index (κ2) is 6.48. The molecular formula is C15H12FN3O2. The predicted molar refractivity (Wildman–Crippen MR) is 73.7 cm³/mol. The standard InChI is InChI=1S/C15H12FN3O2/c1-10(19-20)13-7-12(16)4-5-15(13)21-9-11-3-2-6-18-14(11)8-17/h2-7,20H,9H2,1H3/b19-10-. The summed E-state index contributed by atoms with van der Waals surface area (Å²) in [6.07, 6.45) is 1.52. The first kappa shape index (κ1) is 14.5. The summed E-state index contributed by atoms with van der Waals surface area (Å²) in [5.41, 5.74) is 1.47. The van der Waals surface area contributed by atoms with Gasteiger partial charge in [-0.1, -0.05) is 11.2 Å². The highest BCUT2D eigenvalue weighted by Gasteiger charge is 2.10. The zero-order chi connectivity index (χ0) is 15.2. The number of benzene rings is 1. The maximum absolute atomic E-state index is 13.3. The lowest BCUT2D eigenvalue weighted by atomic mass is 10.1. The molecule has 0 atom stereocenters. The molecule has 0 bridgehead atoms. The summed E-state index contributed by atoms with van der Waals surface area (Å²) in [5, 5.41) is 20.8. The Kier molecular flexibility index (Phi) is 4.46.